The van der Waals surface area contributed by atoms with Gasteiger partial charge in [0.1, 0.15) is 0 Å². The van der Waals surface area contributed by atoms with Gasteiger partial charge in [0.05, 0.1) is 5.92 Å². The van der Waals surface area contributed by atoms with E-state index < -0.39 is 11.9 Å². The van der Waals surface area contributed by atoms with Crippen molar-refractivity contribution in [1.29, 1.82) is 0 Å². The molecule has 0 amide bonds. The Balaban J connectivity index is 2.27. The number of carbonyl (C=O) groups is 1. The van der Waals surface area contributed by atoms with Gasteiger partial charge >= 0.3 is 5.97 Å². The number of rotatable bonds is 5. The summed E-state index contributed by atoms with van der Waals surface area (Å²) >= 11 is 1.60. The Morgan fingerprint density at radius 1 is 1.00 bits per heavy atom. The van der Waals surface area contributed by atoms with Crippen LogP contribution in [0.25, 0.3) is 0 Å². The van der Waals surface area contributed by atoms with E-state index in [1.54, 1.807) is 18.7 Å². The maximum atomic E-state index is 11.3. The minimum Gasteiger partial charge on any atom is -0.481 e. The average molecular weight is 272 g/mol. The topological polar surface area (TPSA) is 37.3 Å². The van der Waals surface area contributed by atoms with Gasteiger partial charge in [0.25, 0.3) is 0 Å². The molecule has 2 aromatic rings. The Kier molecular flexibility index (Phi) is 4.63. The number of hydrogen-bond acceptors (Lipinski definition) is 2. The molecule has 0 fully saturated rings. The predicted molar refractivity (Wildman–Crippen MR) is 78.3 cm³/mol. The van der Waals surface area contributed by atoms with Gasteiger partial charge in [-0.25, -0.2) is 0 Å². The molecule has 2 atom stereocenters. The first kappa shape index (κ1) is 13.7. The molecule has 2 nitrogen and oxygen atoms in total. The molecule has 0 aliphatic carbocycles. The molecule has 0 saturated heterocycles. The van der Waals surface area contributed by atoms with Crippen molar-refractivity contribution < 1.29 is 9.90 Å². The van der Waals surface area contributed by atoms with Crippen LogP contribution in [0.1, 0.15) is 17.7 Å². The Bertz CT molecular complexity index is 525. The van der Waals surface area contributed by atoms with Crippen LogP contribution < -0.4 is 0 Å². The van der Waals surface area contributed by atoms with Crippen molar-refractivity contribution in [2.75, 3.05) is 0 Å². The molecule has 0 aliphatic heterocycles. The lowest BCUT2D eigenvalue weighted by Crippen LogP contribution is -2.16. The zero-order valence-electron chi connectivity index (χ0n) is 10.7. The molecule has 98 valence electrons. The Hall–Kier alpha value is -1.74. The smallest absolute Gasteiger partial charge is 0.307 e. The van der Waals surface area contributed by atoms with Crippen LogP contribution in [0.4, 0.5) is 0 Å². The van der Waals surface area contributed by atoms with Crippen LogP contribution >= 0.6 is 11.8 Å². The van der Waals surface area contributed by atoms with Crippen LogP contribution in [0.15, 0.2) is 65.6 Å². The van der Waals surface area contributed by atoms with E-state index in [0.717, 1.165) is 10.5 Å². The average Bonchev–Trinajstić information content (AvgIpc) is 2.46. The highest BCUT2D eigenvalue weighted by molar-refractivity contribution is 7.99. The number of aliphatic carboxylic acids is 1. The van der Waals surface area contributed by atoms with E-state index in [2.05, 4.69) is 0 Å². The Labute approximate surface area is 117 Å². The van der Waals surface area contributed by atoms with E-state index in [1.165, 1.54) is 0 Å². The maximum Gasteiger partial charge on any atom is 0.307 e. The van der Waals surface area contributed by atoms with Crippen LogP contribution in [0.5, 0.6) is 0 Å². The number of carboxylic acids is 1. The fourth-order valence-electron chi connectivity index (χ4n) is 1.88. The quantitative estimate of drug-likeness (QED) is 0.827. The fraction of sp³-hybridized carbons (Fsp3) is 0.188. The monoisotopic (exact) mass is 272 g/mol. The summed E-state index contributed by atoms with van der Waals surface area (Å²) in [6.07, 6.45) is 0. The molecule has 0 saturated carbocycles. The summed E-state index contributed by atoms with van der Waals surface area (Å²) in [5.74, 6) is -1.20. The van der Waals surface area contributed by atoms with E-state index >= 15 is 0 Å². The molecule has 0 unspecified atom stereocenters. The first-order chi connectivity index (χ1) is 9.18. The van der Waals surface area contributed by atoms with Crippen LogP contribution in [0, 0.1) is 5.92 Å². The number of hydrogen-bond donors (Lipinski definition) is 1. The summed E-state index contributed by atoms with van der Waals surface area (Å²) in [5.41, 5.74) is 1.05. The van der Waals surface area contributed by atoms with Gasteiger partial charge in [-0.3, -0.25) is 4.79 Å². The van der Waals surface area contributed by atoms with Crippen molar-refractivity contribution in [3.05, 3.63) is 66.2 Å². The highest BCUT2D eigenvalue weighted by Crippen LogP contribution is 2.40. The first-order valence-electron chi connectivity index (χ1n) is 6.18. The van der Waals surface area contributed by atoms with Crippen molar-refractivity contribution >= 4 is 17.7 Å². The van der Waals surface area contributed by atoms with Gasteiger partial charge in [-0.15, -0.1) is 11.8 Å². The molecular formula is C16H16O2S. The summed E-state index contributed by atoms with van der Waals surface area (Å²) in [4.78, 5) is 12.4. The van der Waals surface area contributed by atoms with E-state index in [0.29, 0.717) is 0 Å². The minimum atomic E-state index is -0.766. The fourth-order valence-corrected chi connectivity index (χ4v) is 3.10. The third kappa shape index (κ3) is 3.61. The zero-order chi connectivity index (χ0) is 13.7. The van der Waals surface area contributed by atoms with Gasteiger partial charge < -0.3 is 5.11 Å². The highest BCUT2D eigenvalue weighted by atomic mass is 32.2. The van der Waals surface area contributed by atoms with E-state index in [9.17, 15) is 9.90 Å². The Morgan fingerprint density at radius 2 is 1.53 bits per heavy atom. The van der Waals surface area contributed by atoms with Crippen molar-refractivity contribution in [2.45, 2.75) is 17.1 Å². The SMILES string of the molecule is C[C@H](C(=O)O)[C@H](Sc1ccccc1)c1ccccc1. The second-order valence-corrected chi connectivity index (χ2v) is 5.60. The second-order valence-electron chi connectivity index (χ2n) is 4.39. The summed E-state index contributed by atoms with van der Waals surface area (Å²) < 4.78 is 0. The number of thioether (sulfide) groups is 1. The lowest BCUT2D eigenvalue weighted by Gasteiger charge is -2.21. The maximum absolute atomic E-state index is 11.3. The molecule has 2 rings (SSSR count). The van der Waals surface area contributed by atoms with E-state index in [-0.39, 0.29) is 5.25 Å². The molecule has 0 aliphatic rings. The summed E-state index contributed by atoms with van der Waals surface area (Å²) in [7, 11) is 0. The molecule has 0 radical (unpaired) electrons. The van der Waals surface area contributed by atoms with Gasteiger partial charge in [-0.05, 0) is 17.7 Å². The van der Waals surface area contributed by atoms with Crippen LogP contribution in [0.2, 0.25) is 0 Å². The minimum absolute atomic E-state index is 0.0823. The summed E-state index contributed by atoms with van der Waals surface area (Å²) in [6, 6.07) is 19.7. The molecule has 19 heavy (non-hydrogen) atoms. The lowest BCUT2D eigenvalue weighted by atomic mass is 10.0. The summed E-state index contributed by atoms with van der Waals surface area (Å²) in [5, 5.41) is 9.20. The van der Waals surface area contributed by atoms with Gasteiger partial charge in [-0.2, -0.15) is 0 Å². The zero-order valence-corrected chi connectivity index (χ0v) is 11.5. The molecule has 1 N–H and O–H groups in total. The van der Waals surface area contributed by atoms with E-state index in [1.807, 2.05) is 60.7 Å². The highest BCUT2D eigenvalue weighted by Gasteiger charge is 2.26. The van der Waals surface area contributed by atoms with Crippen molar-refractivity contribution in [2.24, 2.45) is 5.92 Å². The molecule has 0 aromatic heterocycles. The third-order valence-electron chi connectivity index (χ3n) is 2.98. The lowest BCUT2D eigenvalue weighted by molar-refractivity contribution is -0.141. The van der Waals surface area contributed by atoms with Gasteiger partial charge in [0, 0.05) is 10.1 Å². The normalized spacial score (nSPS) is 13.7. The largest absolute Gasteiger partial charge is 0.481 e. The van der Waals surface area contributed by atoms with Crippen LogP contribution in [-0.4, -0.2) is 11.1 Å². The van der Waals surface area contributed by atoms with Crippen molar-refractivity contribution in [1.82, 2.24) is 0 Å². The predicted octanol–water partition coefficient (Wildman–Crippen LogP) is 4.24. The van der Waals surface area contributed by atoms with Crippen molar-refractivity contribution in [3.8, 4) is 0 Å². The molecule has 0 spiro atoms. The Morgan fingerprint density at radius 3 is 2.05 bits per heavy atom. The van der Waals surface area contributed by atoms with Gasteiger partial charge in [0.2, 0.25) is 0 Å². The second kappa shape index (κ2) is 6.43. The molecule has 3 heteroatoms. The molecular weight excluding hydrogens is 256 g/mol. The number of benzene rings is 2. The molecule has 2 aromatic carbocycles. The molecule has 0 bridgehead atoms. The first-order valence-corrected chi connectivity index (χ1v) is 7.06. The van der Waals surface area contributed by atoms with Gasteiger partial charge in [-0.1, -0.05) is 55.5 Å². The summed E-state index contributed by atoms with van der Waals surface area (Å²) in [6.45, 7) is 1.76. The van der Waals surface area contributed by atoms with Crippen molar-refractivity contribution in [3.63, 3.8) is 0 Å². The van der Waals surface area contributed by atoms with Crippen LogP contribution in [-0.2, 0) is 4.79 Å². The van der Waals surface area contributed by atoms with Gasteiger partial charge in [0.15, 0.2) is 0 Å². The van der Waals surface area contributed by atoms with E-state index in [4.69, 9.17) is 0 Å². The van der Waals surface area contributed by atoms with Crippen LogP contribution in [0.3, 0.4) is 0 Å². The molecule has 0 heterocycles. The number of carboxylic acid groups (broad SMARTS) is 1. The standard InChI is InChI=1S/C16H16O2S/c1-12(16(17)18)15(13-8-4-2-5-9-13)19-14-10-6-3-7-11-14/h2-12,15H,1H3,(H,17,18)/t12-,15-/m0/s1. The third-order valence-corrected chi connectivity index (χ3v) is 4.46.